The Labute approximate surface area is 121 Å². The van der Waals surface area contributed by atoms with Crippen LogP contribution in [0.5, 0.6) is 0 Å². The second-order valence-electron chi connectivity index (χ2n) is 4.82. The lowest BCUT2D eigenvalue weighted by Gasteiger charge is -2.15. The molecule has 2 aromatic heterocycles. The van der Waals surface area contributed by atoms with Crippen LogP contribution in [0.3, 0.4) is 0 Å². The molecule has 0 unspecified atom stereocenters. The minimum atomic E-state index is 0.569. The number of thiophene rings is 1. The molecule has 0 aliphatic heterocycles. The van der Waals surface area contributed by atoms with E-state index in [0.717, 1.165) is 22.6 Å². The molecule has 5 heteroatoms. The molecule has 0 bridgehead atoms. The monoisotopic (exact) mass is 284 g/mol. The summed E-state index contributed by atoms with van der Waals surface area (Å²) in [5, 5.41) is 2.94. The van der Waals surface area contributed by atoms with Crippen molar-refractivity contribution < 1.29 is 0 Å². The van der Waals surface area contributed by atoms with Crippen LogP contribution >= 0.6 is 11.3 Å². The summed E-state index contributed by atoms with van der Waals surface area (Å²) >= 11 is 1.60. The lowest BCUT2D eigenvalue weighted by molar-refractivity contribution is 0.311. The summed E-state index contributed by atoms with van der Waals surface area (Å²) in [6.45, 7) is 1.56. The topological polar surface area (TPSA) is 55.0 Å². The van der Waals surface area contributed by atoms with Gasteiger partial charge in [0.25, 0.3) is 0 Å². The predicted molar refractivity (Wildman–Crippen MR) is 83.4 cm³/mol. The number of nitrogen functional groups attached to an aromatic ring is 1. The van der Waals surface area contributed by atoms with Gasteiger partial charge in [0.15, 0.2) is 0 Å². The molecule has 0 fully saturated rings. The van der Waals surface area contributed by atoms with Gasteiger partial charge in [-0.15, -0.1) is 11.3 Å². The maximum atomic E-state index is 5.97. The largest absolute Gasteiger partial charge is 0.383 e. The molecule has 0 aliphatic carbocycles. The van der Waals surface area contributed by atoms with Gasteiger partial charge in [-0.25, -0.2) is 9.97 Å². The van der Waals surface area contributed by atoms with E-state index in [4.69, 9.17) is 5.73 Å². The summed E-state index contributed by atoms with van der Waals surface area (Å²) in [4.78, 5) is 12.1. The number of nitrogens with two attached hydrogens (primary N) is 1. The number of hydrogen-bond acceptors (Lipinski definition) is 5. The zero-order valence-electron chi connectivity index (χ0n) is 11.3. The van der Waals surface area contributed by atoms with E-state index in [0.29, 0.717) is 12.4 Å². The Morgan fingerprint density at radius 2 is 1.90 bits per heavy atom. The van der Waals surface area contributed by atoms with Gasteiger partial charge in [0.05, 0.1) is 11.9 Å². The fraction of sp³-hybridized carbons (Fsp3) is 0.200. The first kappa shape index (κ1) is 13.0. The van der Waals surface area contributed by atoms with Crippen molar-refractivity contribution in [2.45, 2.75) is 13.1 Å². The molecule has 0 atom stereocenters. The van der Waals surface area contributed by atoms with E-state index in [1.165, 1.54) is 5.56 Å². The number of fused-ring (bicyclic) bond motifs is 1. The lowest BCUT2D eigenvalue weighted by Crippen LogP contribution is -2.19. The molecule has 0 aliphatic rings. The molecule has 0 saturated carbocycles. The Kier molecular flexibility index (Phi) is 3.62. The number of hydrogen-bond donors (Lipinski definition) is 1. The van der Waals surface area contributed by atoms with Crippen LogP contribution in [0.2, 0.25) is 0 Å². The van der Waals surface area contributed by atoms with Crippen LogP contribution < -0.4 is 5.73 Å². The van der Waals surface area contributed by atoms with Gasteiger partial charge >= 0.3 is 0 Å². The highest BCUT2D eigenvalue weighted by Gasteiger charge is 2.08. The molecule has 0 radical (unpaired) electrons. The number of anilines is 1. The maximum absolute atomic E-state index is 5.97. The van der Waals surface area contributed by atoms with Crippen molar-refractivity contribution in [3.8, 4) is 0 Å². The third-order valence-electron chi connectivity index (χ3n) is 3.11. The lowest BCUT2D eigenvalue weighted by atomic mass is 10.2. The minimum Gasteiger partial charge on any atom is -0.383 e. The van der Waals surface area contributed by atoms with Crippen molar-refractivity contribution in [2.24, 2.45) is 0 Å². The summed E-state index contributed by atoms with van der Waals surface area (Å²) in [6, 6.07) is 12.3. The van der Waals surface area contributed by atoms with Gasteiger partial charge < -0.3 is 5.73 Å². The van der Waals surface area contributed by atoms with Crippen LogP contribution in [0.4, 0.5) is 5.82 Å². The van der Waals surface area contributed by atoms with Crippen LogP contribution in [-0.4, -0.2) is 21.9 Å². The number of benzene rings is 1. The Morgan fingerprint density at radius 1 is 1.10 bits per heavy atom. The second kappa shape index (κ2) is 5.56. The van der Waals surface area contributed by atoms with Gasteiger partial charge in [-0.3, -0.25) is 4.90 Å². The highest BCUT2D eigenvalue weighted by molar-refractivity contribution is 7.16. The van der Waals surface area contributed by atoms with E-state index in [1.807, 2.05) is 17.5 Å². The summed E-state index contributed by atoms with van der Waals surface area (Å²) < 4.78 is 0. The van der Waals surface area contributed by atoms with Crippen LogP contribution in [0.15, 0.2) is 41.8 Å². The third kappa shape index (κ3) is 2.79. The minimum absolute atomic E-state index is 0.569. The summed E-state index contributed by atoms with van der Waals surface area (Å²) in [6.07, 6.45) is 0. The van der Waals surface area contributed by atoms with Crippen LogP contribution in [0.1, 0.15) is 11.4 Å². The van der Waals surface area contributed by atoms with Crippen molar-refractivity contribution in [3.63, 3.8) is 0 Å². The van der Waals surface area contributed by atoms with Crippen LogP contribution in [0.25, 0.3) is 10.2 Å². The molecular formula is C15H16N4S. The molecule has 1 aromatic carbocycles. The van der Waals surface area contributed by atoms with Crippen LogP contribution in [0, 0.1) is 0 Å². The second-order valence-corrected chi connectivity index (χ2v) is 5.72. The molecule has 0 saturated heterocycles. The van der Waals surface area contributed by atoms with Crippen molar-refractivity contribution in [1.29, 1.82) is 0 Å². The van der Waals surface area contributed by atoms with Gasteiger partial charge in [0.2, 0.25) is 0 Å². The number of rotatable bonds is 4. The summed E-state index contributed by atoms with van der Waals surface area (Å²) in [7, 11) is 2.06. The fourth-order valence-corrected chi connectivity index (χ4v) is 2.98. The average molecular weight is 284 g/mol. The van der Waals surface area contributed by atoms with E-state index in [1.54, 1.807) is 11.3 Å². The highest BCUT2D eigenvalue weighted by Crippen LogP contribution is 2.23. The third-order valence-corrected chi connectivity index (χ3v) is 3.91. The zero-order valence-corrected chi connectivity index (χ0v) is 12.1. The molecule has 20 heavy (non-hydrogen) atoms. The first-order valence-corrected chi connectivity index (χ1v) is 7.32. The molecule has 3 rings (SSSR count). The first-order chi connectivity index (χ1) is 9.72. The van der Waals surface area contributed by atoms with Gasteiger partial charge in [-0.05, 0) is 24.1 Å². The zero-order chi connectivity index (χ0) is 13.9. The normalized spacial score (nSPS) is 11.3. The van der Waals surface area contributed by atoms with E-state index >= 15 is 0 Å². The molecule has 0 amide bonds. The van der Waals surface area contributed by atoms with Gasteiger partial charge in [0, 0.05) is 6.54 Å². The van der Waals surface area contributed by atoms with E-state index in [-0.39, 0.29) is 0 Å². The SMILES string of the molecule is CN(Cc1ccccc1)Cc1nc(N)c2ccsc2n1. The average Bonchev–Trinajstić information content (AvgIpc) is 2.88. The van der Waals surface area contributed by atoms with Crippen molar-refractivity contribution in [3.05, 3.63) is 53.2 Å². The van der Waals surface area contributed by atoms with E-state index in [2.05, 4.69) is 46.2 Å². The molecule has 3 aromatic rings. The smallest absolute Gasteiger partial charge is 0.146 e. The first-order valence-electron chi connectivity index (χ1n) is 6.44. The van der Waals surface area contributed by atoms with Gasteiger partial charge in [0.1, 0.15) is 16.5 Å². The van der Waals surface area contributed by atoms with Gasteiger partial charge in [-0.1, -0.05) is 30.3 Å². The highest BCUT2D eigenvalue weighted by atomic mass is 32.1. The Hall–Kier alpha value is -1.98. The van der Waals surface area contributed by atoms with E-state index < -0.39 is 0 Å². The van der Waals surface area contributed by atoms with Gasteiger partial charge in [-0.2, -0.15) is 0 Å². The van der Waals surface area contributed by atoms with Crippen molar-refractivity contribution >= 4 is 27.4 Å². The quantitative estimate of drug-likeness (QED) is 0.800. The number of nitrogens with zero attached hydrogens (tertiary/aromatic N) is 3. The molecule has 102 valence electrons. The fourth-order valence-electron chi connectivity index (χ4n) is 2.19. The van der Waals surface area contributed by atoms with Crippen LogP contribution in [-0.2, 0) is 13.1 Å². The summed E-state index contributed by atoms with van der Waals surface area (Å²) in [5.74, 6) is 1.34. The summed E-state index contributed by atoms with van der Waals surface area (Å²) in [5.41, 5.74) is 7.24. The molecule has 2 N–H and O–H groups in total. The number of aromatic nitrogens is 2. The molecule has 2 heterocycles. The van der Waals surface area contributed by atoms with Crippen molar-refractivity contribution in [2.75, 3.05) is 12.8 Å². The Morgan fingerprint density at radius 3 is 2.70 bits per heavy atom. The maximum Gasteiger partial charge on any atom is 0.146 e. The van der Waals surface area contributed by atoms with E-state index in [9.17, 15) is 0 Å². The predicted octanol–water partition coefficient (Wildman–Crippen LogP) is 2.91. The molecule has 4 nitrogen and oxygen atoms in total. The standard InChI is InChI=1S/C15H16N4S/c1-19(9-11-5-3-2-4-6-11)10-13-17-14(16)12-7-8-20-15(12)18-13/h2-8H,9-10H2,1H3,(H2,16,17,18). The Balaban J connectivity index is 1.75. The molecule has 0 spiro atoms. The Bertz CT molecular complexity index is 708. The van der Waals surface area contributed by atoms with Crippen molar-refractivity contribution in [1.82, 2.24) is 14.9 Å². The molecular weight excluding hydrogens is 268 g/mol.